The SMILES string of the molecule is CC1Oc2ccccc2N(CC(=O)N2CCC(C(=O)O)C2C)C1=O. The van der Waals surface area contributed by atoms with Crippen LogP contribution in [0.25, 0.3) is 0 Å². The minimum Gasteiger partial charge on any atom is -0.481 e. The second-order valence-electron chi connectivity index (χ2n) is 6.21. The Balaban J connectivity index is 1.79. The van der Waals surface area contributed by atoms with Crippen molar-refractivity contribution in [2.24, 2.45) is 5.92 Å². The molecule has 3 unspecified atom stereocenters. The van der Waals surface area contributed by atoms with Gasteiger partial charge in [0, 0.05) is 12.6 Å². The summed E-state index contributed by atoms with van der Waals surface area (Å²) in [6, 6.07) is 6.71. The molecule has 2 aliphatic rings. The Bertz CT molecular complexity index is 689. The number of carboxylic acid groups (broad SMARTS) is 1. The van der Waals surface area contributed by atoms with Crippen LogP contribution < -0.4 is 9.64 Å². The molecule has 1 aromatic rings. The molecule has 1 fully saturated rings. The third-order valence-corrected chi connectivity index (χ3v) is 4.76. The quantitative estimate of drug-likeness (QED) is 0.896. The van der Waals surface area contributed by atoms with E-state index in [2.05, 4.69) is 0 Å². The molecule has 1 saturated heterocycles. The number of aliphatic carboxylic acids is 1. The fraction of sp³-hybridized carbons (Fsp3) is 0.471. The molecule has 2 heterocycles. The van der Waals surface area contributed by atoms with Crippen LogP contribution in [-0.4, -0.2) is 53.0 Å². The van der Waals surface area contributed by atoms with Gasteiger partial charge in [0.25, 0.3) is 5.91 Å². The zero-order chi connectivity index (χ0) is 17.4. The van der Waals surface area contributed by atoms with Gasteiger partial charge in [-0.05, 0) is 32.4 Å². The third-order valence-electron chi connectivity index (χ3n) is 4.76. The van der Waals surface area contributed by atoms with Crippen LogP contribution in [0, 0.1) is 5.92 Å². The number of hydrogen-bond donors (Lipinski definition) is 1. The number of para-hydroxylation sites is 2. The maximum Gasteiger partial charge on any atom is 0.308 e. The second kappa shape index (κ2) is 6.14. The highest BCUT2D eigenvalue weighted by Gasteiger charge is 2.40. The molecule has 2 amide bonds. The van der Waals surface area contributed by atoms with Crippen LogP contribution in [0.2, 0.25) is 0 Å². The van der Waals surface area contributed by atoms with E-state index in [0.29, 0.717) is 24.4 Å². The highest BCUT2D eigenvalue weighted by molar-refractivity contribution is 6.03. The Morgan fingerprint density at radius 1 is 1.29 bits per heavy atom. The molecular weight excluding hydrogens is 312 g/mol. The van der Waals surface area contributed by atoms with Gasteiger partial charge in [0.2, 0.25) is 5.91 Å². The molecule has 1 aromatic carbocycles. The van der Waals surface area contributed by atoms with Crippen LogP contribution in [0.15, 0.2) is 24.3 Å². The lowest BCUT2D eigenvalue weighted by atomic mass is 10.0. The minimum absolute atomic E-state index is 0.111. The van der Waals surface area contributed by atoms with Crippen LogP contribution in [0.1, 0.15) is 20.3 Å². The molecule has 7 heteroatoms. The Hall–Kier alpha value is -2.57. The van der Waals surface area contributed by atoms with E-state index in [4.69, 9.17) is 4.74 Å². The van der Waals surface area contributed by atoms with Crippen LogP contribution in [-0.2, 0) is 14.4 Å². The van der Waals surface area contributed by atoms with Crippen molar-refractivity contribution >= 4 is 23.5 Å². The highest BCUT2D eigenvalue weighted by atomic mass is 16.5. The predicted octanol–water partition coefficient (Wildman–Crippen LogP) is 1.12. The Labute approximate surface area is 139 Å². The topological polar surface area (TPSA) is 87.2 Å². The van der Waals surface area contributed by atoms with Crippen LogP contribution >= 0.6 is 0 Å². The minimum atomic E-state index is -0.890. The summed E-state index contributed by atoms with van der Waals surface area (Å²) in [6.07, 6.45) is -0.220. The molecule has 24 heavy (non-hydrogen) atoms. The van der Waals surface area contributed by atoms with Crippen molar-refractivity contribution in [2.45, 2.75) is 32.4 Å². The summed E-state index contributed by atoms with van der Waals surface area (Å²) in [5, 5.41) is 9.19. The number of carbonyl (C=O) groups excluding carboxylic acids is 2. The highest BCUT2D eigenvalue weighted by Crippen LogP contribution is 2.34. The lowest BCUT2D eigenvalue weighted by Gasteiger charge is -2.34. The third kappa shape index (κ3) is 2.70. The number of nitrogens with zero attached hydrogens (tertiary/aromatic N) is 2. The number of ether oxygens (including phenoxy) is 1. The second-order valence-corrected chi connectivity index (χ2v) is 6.21. The Morgan fingerprint density at radius 3 is 2.67 bits per heavy atom. The molecule has 0 aliphatic carbocycles. The molecule has 0 radical (unpaired) electrons. The van der Waals surface area contributed by atoms with Gasteiger partial charge in [-0.25, -0.2) is 0 Å². The van der Waals surface area contributed by atoms with E-state index in [0.717, 1.165) is 0 Å². The van der Waals surface area contributed by atoms with Gasteiger partial charge in [-0.1, -0.05) is 12.1 Å². The number of rotatable bonds is 3. The van der Waals surface area contributed by atoms with E-state index < -0.39 is 18.0 Å². The van der Waals surface area contributed by atoms with Crippen molar-refractivity contribution in [3.05, 3.63) is 24.3 Å². The van der Waals surface area contributed by atoms with E-state index in [1.54, 1.807) is 43.0 Å². The van der Waals surface area contributed by atoms with Gasteiger partial charge in [-0.15, -0.1) is 0 Å². The first kappa shape index (κ1) is 16.3. The molecule has 0 aromatic heterocycles. The van der Waals surface area contributed by atoms with Crippen molar-refractivity contribution in [3.63, 3.8) is 0 Å². The number of anilines is 1. The Kier molecular flexibility index (Phi) is 4.17. The van der Waals surface area contributed by atoms with Gasteiger partial charge >= 0.3 is 5.97 Å². The normalized spacial score (nSPS) is 26.1. The molecule has 1 N–H and O–H groups in total. The van der Waals surface area contributed by atoms with E-state index in [9.17, 15) is 19.5 Å². The van der Waals surface area contributed by atoms with Gasteiger partial charge in [0.15, 0.2) is 6.10 Å². The maximum atomic E-state index is 12.7. The molecule has 7 nitrogen and oxygen atoms in total. The number of hydrogen-bond acceptors (Lipinski definition) is 4. The summed E-state index contributed by atoms with van der Waals surface area (Å²) in [4.78, 5) is 39.3. The van der Waals surface area contributed by atoms with E-state index in [1.807, 2.05) is 0 Å². The van der Waals surface area contributed by atoms with Crippen molar-refractivity contribution in [1.29, 1.82) is 0 Å². The van der Waals surface area contributed by atoms with Gasteiger partial charge in [0.1, 0.15) is 12.3 Å². The number of carbonyl (C=O) groups is 3. The monoisotopic (exact) mass is 332 g/mol. The predicted molar refractivity (Wildman–Crippen MR) is 85.8 cm³/mol. The summed E-state index contributed by atoms with van der Waals surface area (Å²) in [7, 11) is 0. The standard InChI is InChI=1S/C17H20N2O5/c1-10-12(17(22)23)7-8-18(10)15(20)9-19-13-5-3-4-6-14(13)24-11(2)16(19)21/h3-6,10-12H,7-9H2,1-2H3,(H,22,23). The van der Waals surface area contributed by atoms with E-state index >= 15 is 0 Å². The molecular formula is C17H20N2O5. The van der Waals surface area contributed by atoms with Gasteiger partial charge in [-0.2, -0.15) is 0 Å². The first-order valence-electron chi connectivity index (χ1n) is 7.99. The summed E-state index contributed by atoms with van der Waals surface area (Å²) >= 11 is 0. The maximum absolute atomic E-state index is 12.7. The average molecular weight is 332 g/mol. The van der Waals surface area contributed by atoms with Gasteiger partial charge in [-0.3, -0.25) is 19.3 Å². The average Bonchev–Trinajstić information content (AvgIpc) is 2.93. The van der Waals surface area contributed by atoms with E-state index in [-0.39, 0.29) is 24.4 Å². The number of fused-ring (bicyclic) bond motifs is 1. The number of likely N-dealkylation sites (tertiary alicyclic amines) is 1. The van der Waals surface area contributed by atoms with Gasteiger partial charge < -0.3 is 14.7 Å². The molecule has 128 valence electrons. The van der Waals surface area contributed by atoms with E-state index in [1.165, 1.54) is 4.90 Å². The fourth-order valence-electron chi connectivity index (χ4n) is 3.37. The first-order valence-corrected chi connectivity index (χ1v) is 7.99. The molecule has 0 spiro atoms. The van der Waals surface area contributed by atoms with Crippen molar-refractivity contribution in [1.82, 2.24) is 4.90 Å². The summed E-state index contributed by atoms with van der Waals surface area (Å²) in [5.74, 6) is -1.40. The summed E-state index contributed by atoms with van der Waals surface area (Å²) in [6.45, 7) is 3.67. The summed E-state index contributed by atoms with van der Waals surface area (Å²) in [5.41, 5.74) is 0.565. The van der Waals surface area contributed by atoms with Crippen molar-refractivity contribution in [3.8, 4) is 5.75 Å². The van der Waals surface area contributed by atoms with Gasteiger partial charge in [0.05, 0.1) is 11.6 Å². The van der Waals surface area contributed by atoms with Crippen molar-refractivity contribution in [2.75, 3.05) is 18.0 Å². The van der Waals surface area contributed by atoms with Crippen LogP contribution in [0.5, 0.6) is 5.75 Å². The summed E-state index contributed by atoms with van der Waals surface area (Å²) < 4.78 is 5.56. The largest absolute Gasteiger partial charge is 0.481 e. The molecule has 3 rings (SSSR count). The smallest absolute Gasteiger partial charge is 0.308 e. The molecule has 0 saturated carbocycles. The van der Waals surface area contributed by atoms with Crippen LogP contribution in [0.4, 0.5) is 5.69 Å². The zero-order valence-corrected chi connectivity index (χ0v) is 13.6. The van der Waals surface area contributed by atoms with Crippen molar-refractivity contribution < 1.29 is 24.2 Å². The molecule has 3 atom stereocenters. The zero-order valence-electron chi connectivity index (χ0n) is 13.6. The Morgan fingerprint density at radius 2 is 2.00 bits per heavy atom. The lowest BCUT2D eigenvalue weighted by molar-refractivity contribution is -0.143. The number of amides is 2. The lowest BCUT2D eigenvalue weighted by Crippen LogP contribution is -2.50. The molecule has 2 aliphatic heterocycles. The number of benzene rings is 1. The fourth-order valence-corrected chi connectivity index (χ4v) is 3.37. The molecule has 0 bridgehead atoms. The number of carboxylic acids is 1. The van der Waals surface area contributed by atoms with Crippen LogP contribution in [0.3, 0.4) is 0 Å². The first-order chi connectivity index (χ1) is 11.4.